The van der Waals surface area contributed by atoms with Crippen molar-refractivity contribution in [1.29, 1.82) is 0 Å². The maximum atomic E-state index is 12.1. The Kier molecular flexibility index (Phi) is 2.74. The Balaban J connectivity index is 2.24. The first kappa shape index (κ1) is 12.1. The average Bonchev–Trinajstić information content (AvgIpc) is 2.79. The lowest BCUT2D eigenvalue weighted by Crippen LogP contribution is -2.13. The number of carbonyl (C=O) groups excluding carboxylic acids is 2. The first-order valence-electron chi connectivity index (χ1n) is 5.68. The Hall–Kier alpha value is -1.95. The summed E-state index contributed by atoms with van der Waals surface area (Å²) in [6, 6.07) is 3.41. The van der Waals surface area contributed by atoms with Gasteiger partial charge in [0.25, 0.3) is 5.91 Å². The summed E-state index contributed by atoms with van der Waals surface area (Å²) in [5, 5.41) is 0. The van der Waals surface area contributed by atoms with Crippen LogP contribution < -0.4 is 15.2 Å². The highest BCUT2D eigenvalue weighted by Gasteiger charge is 2.27. The minimum Gasteiger partial charge on any atom is -0.454 e. The summed E-state index contributed by atoms with van der Waals surface area (Å²) in [6.45, 7) is 1.93. The Labute approximate surface area is 113 Å². The Morgan fingerprint density at radius 1 is 1.26 bits per heavy atom. The number of ether oxygens (including phenoxy) is 2. The van der Waals surface area contributed by atoms with E-state index in [0.29, 0.717) is 33.1 Å². The number of thioether (sulfide) groups is 1. The fraction of sp³-hybridized carbons (Fsp3) is 0.231. The molecule has 1 aromatic carbocycles. The highest BCUT2D eigenvalue weighted by molar-refractivity contribution is 8.04. The van der Waals surface area contributed by atoms with Crippen molar-refractivity contribution >= 4 is 29.0 Å². The average molecular weight is 277 g/mol. The molecule has 1 aromatic rings. The second-order valence-corrected chi connectivity index (χ2v) is 5.27. The summed E-state index contributed by atoms with van der Waals surface area (Å²) in [6.07, 6.45) is 0. The number of Topliss-reactive ketones (excluding diaryl/α,β-unsaturated/α-hetero) is 1. The molecule has 0 fully saturated rings. The number of primary amides is 1. The third kappa shape index (κ3) is 1.88. The standard InChI is InChI=1S/C13H11NO4S/c1-6-7-2-10-11(18-5-17-10)3-8(7)9(15)4-19-12(6)13(14)16/h2-3H,4-5H2,1H3,(H2,14,16). The van der Waals surface area contributed by atoms with E-state index in [4.69, 9.17) is 15.2 Å². The van der Waals surface area contributed by atoms with Crippen LogP contribution in [0.3, 0.4) is 0 Å². The molecule has 0 atom stereocenters. The SMILES string of the molecule is CC1=C(C(N)=O)SCC(=O)c2cc3c(cc21)OCO3. The second kappa shape index (κ2) is 4.31. The molecular weight excluding hydrogens is 266 g/mol. The van der Waals surface area contributed by atoms with E-state index in [-0.39, 0.29) is 18.3 Å². The molecule has 0 saturated heterocycles. The van der Waals surface area contributed by atoms with Crippen LogP contribution in [-0.2, 0) is 4.79 Å². The molecule has 0 unspecified atom stereocenters. The molecule has 2 aliphatic heterocycles. The van der Waals surface area contributed by atoms with Crippen molar-refractivity contribution in [2.45, 2.75) is 6.92 Å². The fourth-order valence-electron chi connectivity index (χ4n) is 2.18. The number of rotatable bonds is 1. The number of nitrogens with two attached hydrogens (primary N) is 1. The van der Waals surface area contributed by atoms with Crippen LogP contribution in [0.5, 0.6) is 11.5 Å². The van der Waals surface area contributed by atoms with Gasteiger partial charge >= 0.3 is 0 Å². The van der Waals surface area contributed by atoms with Crippen molar-refractivity contribution < 1.29 is 19.1 Å². The number of carbonyl (C=O) groups is 2. The third-order valence-electron chi connectivity index (χ3n) is 3.13. The summed E-state index contributed by atoms with van der Waals surface area (Å²) in [4.78, 5) is 24.0. The van der Waals surface area contributed by atoms with E-state index in [9.17, 15) is 9.59 Å². The number of amides is 1. The van der Waals surface area contributed by atoms with Gasteiger partial charge in [0, 0.05) is 5.56 Å². The monoisotopic (exact) mass is 277 g/mol. The summed E-state index contributed by atoms with van der Waals surface area (Å²) < 4.78 is 10.6. The van der Waals surface area contributed by atoms with Crippen LogP contribution in [-0.4, -0.2) is 24.2 Å². The summed E-state index contributed by atoms with van der Waals surface area (Å²) in [5.41, 5.74) is 7.30. The molecule has 2 aliphatic rings. The Morgan fingerprint density at radius 3 is 2.53 bits per heavy atom. The maximum absolute atomic E-state index is 12.1. The Morgan fingerprint density at radius 2 is 1.89 bits per heavy atom. The van der Waals surface area contributed by atoms with E-state index < -0.39 is 5.91 Å². The van der Waals surface area contributed by atoms with Crippen molar-refractivity contribution in [3.05, 3.63) is 28.2 Å². The van der Waals surface area contributed by atoms with Gasteiger partial charge in [0.05, 0.1) is 10.7 Å². The number of benzene rings is 1. The third-order valence-corrected chi connectivity index (χ3v) is 4.33. The normalized spacial score (nSPS) is 17.2. The van der Waals surface area contributed by atoms with Crippen LogP contribution in [0.15, 0.2) is 17.0 Å². The highest BCUT2D eigenvalue weighted by Crippen LogP contribution is 2.41. The minimum absolute atomic E-state index is 0.0473. The molecule has 6 heteroatoms. The van der Waals surface area contributed by atoms with Gasteiger partial charge in [-0.1, -0.05) is 0 Å². The first-order valence-corrected chi connectivity index (χ1v) is 6.67. The van der Waals surface area contributed by atoms with Crippen molar-refractivity contribution in [3.63, 3.8) is 0 Å². The van der Waals surface area contributed by atoms with Crippen LogP contribution >= 0.6 is 11.8 Å². The molecule has 0 radical (unpaired) electrons. The van der Waals surface area contributed by atoms with Crippen LogP contribution in [0.25, 0.3) is 5.57 Å². The van der Waals surface area contributed by atoms with E-state index in [0.717, 1.165) is 0 Å². The maximum Gasteiger partial charge on any atom is 0.255 e. The summed E-state index contributed by atoms with van der Waals surface area (Å²) >= 11 is 1.18. The fourth-order valence-corrected chi connectivity index (χ4v) is 3.08. The molecular formula is C13H11NO4S. The van der Waals surface area contributed by atoms with Gasteiger partial charge < -0.3 is 15.2 Å². The van der Waals surface area contributed by atoms with E-state index in [1.54, 1.807) is 19.1 Å². The van der Waals surface area contributed by atoms with E-state index in [1.807, 2.05) is 0 Å². The smallest absolute Gasteiger partial charge is 0.255 e. The molecule has 0 bridgehead atoms. The zero-order valence-electron chi connectivity index (χ0n) is 10.2. The largest absolute Gasteiger partial charge is 0.454 e. The number of hydrogen-bond donors (Lipinski definition) is 1. The molecule has 3 rings (SSSR count). The van der Waals surface area contributed by atoms with Gasteiger partial charge in [-0.3, -0.25) is 9.59 Å². The van der Waals surface area contributed by atoms with Crippen molar-refractivity contribution in [2.75, 3.05) is 12.5 Å². The van der Waals surface area contributed by atoms with Gasteiger partial charge in [0.1, 0.15) is 0 Å². The number of allylic oxidation sites excluding steroid dienone is 1. The molecule has 0 aromatic heterocycles. The lowest BCUT2D eigenvalue weighted by molar-refractivity contribution is -0.113. The molecule has 2 heterocycles. The summed E-state index contributed by atoms with van der Waals surface area (Å²) in [7, 11) is 0. The van der Waals surface area contributed by atoms with Gasteiger partial charge in [-0.05, 0) is 30.2 Å². The zero-order valence-corrected chi connectivity index (χ0v) is 11.0. The predicted octanol–water partition coefficient (Wildman–Crippen LogP) is 1.56. The van der Waals surface area contributed by atoms with Gasteiger partial charge in [-0.15, -0.1) is 11.8 Å². The van der Waals surface area contributed by atoms with Crippen LogP contribution in [0, 0.1) is 0 Å². The zero-order chi connectivity index (χ0) is 13.6. The van der Waals surface area contributed by atoms with Crippen molar-refractivity contribution in [2.24, 2.45) is 5.73 Å². The van der Waals surface area contributed by atoms with Crippen LogP contribution in [0.2, 0.25) is 0 Å². The van der Waals surface area contributed by atoms with Gasteiger partial charge in [-0.25, -0.2) is 0 Å². The van der Waals surface area contributed by atoms with Gasteiger partial charge in [0.2, 0.25) is 6.79 Å². The van der Waals surface area contributed by atoms with E-state index >= 15 is 0 Å². The summed E-state index contributed by atoms with van der Waals surface area (Å²) in [5.74, 6) is 0.784. The topological polar surface area (TPSA) is 78.6 Å². The van der Waals surface area contributed by atoms with Gasteiger partial charge in [-0.2, -0.15) is 0 Å². The van der Waals surface area contributed by atoms with E-state index in [1.165, 1.54) is 11.8 Å². The van der Waals surface area contributed by atoms with Crippen LogP contribution in [0.1, 0.15) is 22.8 Å². The van der Waals surface area contributed by atoms with E-state index in [2.05, 4.69) is 0 Å². The second-order valence-electron chi connectivity index (χ2n) is 4.28. The molecule has 0 spiro atoms. The number of ketones is 1. The number of hydrogen-bond acceptors (Lipinski definition) is 5. The molecule has 2 N–H and O–H groups in total. The lowest BCUT2D eigenvalue weighted by atomic mass is 9.97. The molecule has 0 saturated carbocycles. The van der Waals surface area contributed by atoms with Crippen molar-refractivity contribution in [3.8, 4) is 11.5 Å². The quantitative estimate of drug-likeness (QED) is 0.842. The van der Waals surface area contributed by atoms with Crippen LogP contribution in [0.4, 0.5) is 0 Å². The molecule has 0 aliphatic carbocycles. The number of fused-ring (bicyclic) bond motifs is 2. The minimum atomic E-state index is -0.513. The predicted molar refractivity (Wildman–Crippen MR) is 71.1 cm³/mol. The molecule has 5 nitrogen and oxygen atoms in total. The molecule has 98 valence electrons. The first-order chi connectivity index (χ1) is 9.08. The van der Waals surface area contributed by atoms with Crippen molar-refractivity contribution in [1.82, 2.24) is 0 Å². The molecule has 19 heavy (non-hydrogen) atoms. The lowest BCUT2D eigenvalue weighted by Gasteiger charge is -2.08. The highest BCUT2D eigenvalue weighted by atomic mass is 32.2. The molecule has 1 amide bonds. The Bertz CT molecular complexity index is 636. The van der Waals surface area contributed by atoms with Gasteiger partial charge in [0.15, 0.2) is 17.3 Å².